The Morgan fingerprint density at radius 2 is 0.643 bits per heavy atom. The molecule has 8 nitrogen and oxygen atoms in total. The van der Waals surface area contributed by atoms with Gasteiger partial charge in [-0.15, -0.1) is 0 Å². The van der Waals surface area contributed by atoms with Crippen molar-refractivity contribution in [2.45, 2.75) is 83.1 Å². The number of carbonyl (C=O) groups excluding carboxylic acids is 2. The minimum Gasteiger partial charge on any atom is -0.481 e. The zero-order valence-electron chi connectivity index (χ0n) is 19.4. The van der Waals surface area contributed by atoms with Crippen molar-refractivity contribution in [2.75, 3.05) is 0 Å². The summed E-state index contributed by atoms with van der Waals surface area (Å²) in [5.41, 5.74) is -2.41. The normalized spacial score (nSPS) is 11.4. The van der Waals surface area contributed by atoms with Crippen molar-refractivity contribution in [1.82, 2.24) is 0 Å². The fourth-order valence-corrected chi connectivity index (χ4v) is 0.390. The number of aliphatic carboxylic acids is 2. The summed E-state index contributed by atoms with van der Waals surface area (Å²) >= 11 is 0. The molecule has 4 N–H and O–H groups in total. The third-order valence-electron chi connectivity index (χ3n) is 2.69. The summed E-state index contributed by atoms with van der Waals surface area (Å²) in [6, 6.07) is 0. The Morgan fingerprint density at radius 1 is 0.500 bits per heavy atom. The average molecular weight is 409 g/mol. The van der Waals surface area contributed by atoms with Crippen molar-refractivity contribution < 1.29 is 39.6 Å². The Balaban J connectivity index is -0.000000165. The van der Waals surface area contributed by atoms with Crippen LogP contribution in [0, 0.1) is 21.7 Å². The summed E-state index contributed by atoms with van der Waals surface area (Å²) in [6.07, 6.45) is 0. The summed E-state index contributed by atoms with van der Waals surface area (Å²) in [7, 11) is 0. The summed E-state index contributed by atoms with van der Waals surface area (Å²) in [4.78, 5) is 42.6. The first-order valence-electron chi connectivity index (χ1n) is 8.67. The van der Waals surface area contributed by atoms with Gasteiger partial charge in [0.05, 0.1) is 21.7 Å². The van der Waals surface area contributed by atoms with Gasteiger partial charge < -0.3 is 20.4 Å². The van der Waals surface area contributed by atoms with Crippen LogP contribution in [0.1, 0.15) is 83.1 Å². The van der Waals surface area contributed by atoms with Gasteiger partial charge in [0, 0.05) is 0 Å². The molecule has 0 rings (SSSR count). The maximum absolute atomic E-state index is 11.3. The van der Waals surface area contributed by atoms with Crippen LogP contribution in [-0.4, -0.2) is 39.6 Å². The van der Waals surface area contributed by atoms with Crippen molar-refractivity contribution in [3.8, 4) is 0 Å². The fourth-order valence-electron chi connectivity index (χ4n) is 0.390. The van der Waals surface area contributed by atoms with Crippen molar-refractivity contribution in [2.24, 2.45) is 21.7 Å². The van der Waals surface area contributed by atoms with E-state index in [-0.39, 0.29) is 5.48 Å². The van der Waals surface area contributed by atoms with Gasteiger partial charge in [0.25, 0.3) is 0 Å². The van der Waals surface area contributed by atoms with Crippen LogP contribution in [0.3, 0.4) is 0 Å². The van der Waals surface area contributed by atoms with Gasteiger partial charge in [-0.1, -0.05) is 0 Å². The Hall–Kier alpha value is -1.96. The number of carboxylic acids is 2. The van der Waals surface area contributed by atoms with E-state index in [0.29, 0.717) is 0 Å². The smallest absolute Gasteiger partial charge is 0.318 e. The van der Waals surface area contributed by atoms with Crippen LogP contribution in [0.4, 0.5) is 0 Å². The molecule has 0 aliphatic carbocycles. The first-order chi connectivity index (χ1) is 11.4. The molecule has 168 valence electrons. The quantitative estimate of drug-likeness (QED) is 0.459. The van der Waals surface area contributed by atoms with E-state index in [1.54, 1.807) is 83.1 Å². The third-order valence-corrected chi connectivity index (χ3v) is 2.69. The lowest BCUT2D eigenvalue weighted by molar-refractivity contribution is -0.171. The average Bonchev–Trinajstić information content (AvgIpc) is 2.35. The van der Waals surface area contributed by atoms with Crippen LogP contribution < -0.4 is 0 Å². The van der Waals surface area contributed by atoms with Gasteiger partial charge in [-0.05, 0) is 83.1 Å². The van der Waals surface area contributed by atoms with Crippen LogP contribution in [0.2, 0.25) is 0 Å². The predicted octanol–water partition coefficient (Wildman–Crippen LogP) is 3.56. The van der Waals surface area contributed by atoms with E-state index >= 15 is 0 Å². The SMILES string of the molecule is CC(C)(C)C(=O)O.CC(C)(C)C(=O)O.CC(C)(C)C(=O)OC(=O)C(C)(C)C.O. The van der Waals surface area contributed by atoms with E-state index < -0.39 is 45.5 Å². The highest BCUT2D eigenvalue weighted by atomic mass is 16.6. The second-order valence-electron chi connectivity index (χ2n) is 10.3. The Morgan fingerprint density at radius 3 is 0.714 bits per heavy atom. The lowest BCUT2D eigenvalue weighted by atomic mass is 9.95. The molecule has 0 radical (unpaired) electrons. The van der Waals surface area contributed by atoms with Crippen LogP contribution in [-0.2, 0) is 23.9 Å². The molecular weight excluding hydrogens is 368 g/mol. The highest BCUT2D eigenvalue weighted by Crippen LogP contribution is 2.20. The summed E-state index contributed by atoms with van der Waals surface area (Å²) in [6.45, 7) is 20.3. The van der Waals surface area contributed by atoms with E-state index in [1.165, 1.54) is 0 Å². The molecule has 0 atom stereocenters. The summed E-state index contributed by atoms with van der Waals surface area (Å²) in [5, 5.41) is 16.5. The zero-order valence-corrected chi connectivity index (χ0v) is 19.4. The maximum Gasteiger partial charge on any atom is 0.318 e. The van der Waals surface area contributed by atoms with Crippen molar-refractivity contribution >= 4 is 23.9 Å². The fraction of sp³-hybridized carbons (Fsp3) is 0.800. The highest BCUT2D eigenvalue weighted by molar-refractivity contribution is 5.90. The first kappa shape index (κ1) is 33.6. The molecule has 0 fully saturated rings. The number of carbonyl (C=O) groups is 4. The second kappa shape index (κ2) is 11.8. The van der Waals surface area contributed by atoms with Crippen LogP contribution in [0.25, 0.3) is 0 Å². The van der Waals surface area contributed by atoms with Crippen molar-refractivity contribution in [3.05, 3.63) is 0 Å². The molecule has 0 bridgehead atoms. The number of carboxylic acid groups (broad SMARTS) is 2. The van der Waals surface area contributed by atoms with Gasteiger partial charge in [0.1, 0.15) is 0 Å². The molecule has 0 aromatic rings. The standard InChI is InChI=1S/C10H18O3.2C5H10O2.H2O/c1-9(2,3)7(11)13-8(12)10(4,5)6;2*1-5(2,3)4(6)7;/h1-6H3;2*1-3H3,(H,6,7);1H2. The Bertz CT molecular complexity index is 472. The molecule has 0 aliphatic heterocycles. The van der Waals surface area contributed by atoms with E-state index in [2.05, 4.69) is 0 Å². The molecule has 0 saturated heterocycles. The van der Waals surface area contributed by atoms with Gasteiger partial charge in [-0.3, -0.25) is 19.2 Å². The number of ether oxygens (including phenoxy) is 1. The highest BCUT2D eigenvalue weighted by Gasteiger charge is 2.31. The molecule has 28 heavy (non-hydrogen) atoms. The molecule has 8 heteroatoms. The zero-order chi connectivity index (χ0) is 23.0. The minimum absolute atomic E-state index is 0. The molecule has 0 amide bonds. The summed E-state index contributed by atoms with van der Waals surface area (Å²) in [5.74, 6) is -2.47. The molecule has 0 unspecified atom stereocenters. The van der Waals surface area contributed by atoms with E-state index in [9.17, 15) is 19.2 Å². The number of hydrogen-bond acceptors (Lipinski definition) is 5. The third kappa shape index (κ3) is 18.8. The Kier molecular flexibility index (Phi) is 14.1. The number of esters is 2. The lowest BCUT2D eigenvalue weighted by Gasteiger charge is -2.20. The van der Waals surface area contributed by atoms with Crippen LogP contribution in [0.15, 0.2) is 0 Å². The van der Waals surface area contributed by atoms with Crippen molar-refractivity contribution in [3.63, 3.8) is 0 Å². The molecule has 0 saturated carbocycles. The minimum atomic E-state index is -0.757. The topological polar surface area (TPSA) is 149 Å². The molecule has 0 aliphatic rings. The van der Waals surface area contributed by atoms with Crippen molar-refractivity contribution in [1.29, 1.82) is 0 Å². The molecular formula is C20H40O8. The van der Waals surface area contributed by atoms with Gasteiger partial charge >= 0.3 is 23.9 Å². The van der Waals surface area contributed by atoms with E-state index in [0.717, 1.165) is 0 Å². The number of rotatable bonds is 0. The van der Waals surface area contributed by atoms with Gasteiger partial charge in [-0.25, -0.2) is 0 Å². The van der Waals surface area contributed by atoms with Crippen LogP contribution >= 0.6 is 0 Å². The van der Waals surface area contributed by atoms with Crippen LogP contribution in [0.5, 0.6) is 0 Å². The molecule has 0 aromatic heterocycles. The molecule has 0 aromatic carbocycles. The van der Waals surface area contributed by atoms with E-state index in [4.69, 9.17) is 14.9 Å². The Labute approximate surface area is 169 Å². The van der Waals surface area contributed by atoms with E-state index in [1.807, 2.05) is 0 Å². The molecule has 0 heterocycles. The van der Waals surface area contributed by atoms with Gasteiger partial charge in [-0.2, -0.15) is 0 Å². The number of hydrogen-bond donors (Lipinski definition) is 2. The monoisotopic (exact) mass is 408 g/mol. The maximum atomic E-state index is 11.3. The predicted molar refractivity (Wildman–Crippen MR) is 108 cm³/mol. The largest absolute Gasteiger partial charge is 0.481 e. The first-order valence-corrected chi connectivity index (χ1v) is 8.67. The van der Waals surface area contributed by atoms with Gasteiger partial charge in [0.15, 0.2) is 0 Å². The lowest BCUT2D eigenvalue weighted by Crippen LogP contribution is -2.31. The van der Waals surface area contributed by atoms with Gasteiger partial charge in [0.2, 0.25) is 0 Å². The summed E-state index contributed by atoms with van der Waals surface area (Å²) < 4.78 is 4.70. The molecule has 0 spiro atoms. The second-order valence-corrected chi connectivity index (χ2v) is 10.3.